The molecule has 0 saturated carbocycles. The molecule has 7 heteroatoms. The number of benzene rings is 10. The van der Waals surface area contributed by atoms with E-state index < -0.39 is 0 Å². The molecule has 0 fully saturated rings. The molecule has 0 amide bonds. The molecule has 7 nitrogen and oxygen atoms in total. The molecule has 0 saturated heterocycles. The third kappa shape index (κ3) is 5.47. The fraction of sp³-hybridized carbons (Fsp3) is 0. The Morgan fingerprint density at radius 2 is 0.769 bits per heavy atom. The fourth-order valence-corrected chi connectivity index (χ4v) is 9.75. The minimum absolute atomic E-state index is 0.557. The number of hydrogen-bond acceptors (Lipinski definition) is 6. The number of rotatable bonds is 6. The molecular formula is C58H32N4O3. The molecule has 0 radical (unpaired) electrons. The second-order valence-corrected chi connectivity index (χ2v) is 16.2. The maximum Gasteiger partial charge on any atom is 0.187 e. The van der Waals surface area contributed by atoms with E-state index in [1.54, 1.807) is 0 Å². The van der Waals surface area contributed by atoms with E-state index in [4.69, 9.17) is 19.8 Å². The van der Waals surface area contributed by atoms with E-state index in [0.29, 0.717) is 11.3 Å². The Labute approximate surface area is 371 Å². The number of fused-ring (bicyclic) bond motifs is 13. The Balaban J connectivity index is 1.13. The van der Waals surface area contributed by atoms with Gasteiger partial charge in [0.05, 0.1) is 41.0 Å². The predicted molar refractivity (Wildman–Crippen MR) is 264 cm³/mol. The normalized spacial score (nSPS) is 11.7. The van der Waals surface area contributed by atoms with Crippen LogP contribution in [-0.4, -0.2) is 0 Å². The van der Waals surface area contributed by atoms with Crippen LogP contribution in [0.5, 0.6) is 0 Å². The van der Waals surface area contributed by atoms with E-state index in [1.807, 2.05) is 84.9 Å². The number of furan rings is 3. The molecule has 0 N–H and O–H groups in total. The Morgan fingerprint density at radius 1 is 0.369 bits per heavy atom. The van der Waals surface area contributed by atoms with Gasteiger partial charge in [-0.05, 0) is 72.8 Å². The summed E-state index contributed by atoms with van der Waals surface area (Å²) in [4.78, 5) is 8.20. The topological polar surface area (TPSA) is 74.0 Å². The maximum absolute atomic E-state index is 9.84. The highest BCUT2D eigenvalue weighted by molar-refractivity contribution is 6.26. The minimum atomic E-state index is 0.557. The van der Waals surface area contributed by atoms with Crippen LogP contribution in [0, 0.1) is 17.9 Å². The lowest BCUT2D eigenvalue weighted by Gasteiger charge is -2.27. The molecule has 3 aromatic heterocycles. The molecule has 0 bridgehead atoms. The molecule has 13 aromatic rings. The van der Waals surface area contributed by atoms with Crippen LogP contribution in [0.15, 0.2) is 207 Å². The van der Waals surface area contributed by atoms with E-state index in [2.05, 4.69) is 130 Å². The highest BCUT2D eigenvalue weighted by atomic mass is 16.3. The molecule has 13 rings (SSSR count). The van der Waals surface area contributed by atoms with Gasteiger partial charge in [-0.1, -0.05) is 121 Å². The van der Waals surface area contributed by atoms with Gasteiger partial charge in [0.1, 0.15) is 22.3 Å². The highest BCUT2D eigenvalue weighted by Crippen LogP contribution is 2.51. The van der Waals surface area contributed by atoms with Gasteiger partial charge in [0.15, 0.2) is 16.9 Å². The zero-order valence-electron chi connectivity index (χ0n) is 34.5. The molecule has 0 aliphatic carbocycles. The number of anilines is 6. The maximum atomic E-state index is 9.84. The molecule has 0 aliphatic rings. The average molecular weight is 833 g/mol. The van der Waals surface area contributed by atoms with Crippen LogP contribution >= 0.6 is 0 Å². The van der Waals surface area contributed by atoms with Crippen molar-refractivity contribution in [3.63, 3.8) is 0 Å². The fourth-order valence-electron chi connectivity index (χ4n) is 9.75. The summed E-state index contributed by atoms with van der Waals surface area (Å²) in [5.74, 6) is 0. The van der Waals surface area contributed by atoms with E-state index >= 15 is 0 Å². The monoisotopic (exact) mass is 832 g/mol. The average Bonchev–Trinajstić information content (AvgIpc) is 4.07. The van der Waals surface area contributed by atoms with Crippen molar-refractivity contribution in [2.45, 2.75) is 0 Å². The zero-order chi connectivity index (χ0) is 43.2. The SMILES string of the molecule is [C-]#[N+]c1ccc(N(c2cc3c4cc(N(c5ccc(C#N)cc5)c5cccc6c5oc5ccccc56)c5ccccc5c4oc3c3ccccc23)c2cccc3c2oc2ccccc23)cc1. The van der Waals surface area contributed by atoms with Gasteiger partial charge in [-0.2, -0.15) is 5.26 Å². The van der Waals surface area contributed by atoms with Crippen molar-refractivity contribution >= 4 is 127 Å². The Hall–Kier alpha value is -9.30. The predicted octanol–water partition coefficient (Wildman–Crippen LogP) is 17.1. The number of nitrogens with zero attached hydrogens (tertiary/aromatic N) is 4. The summed E-state index contributed by atoms with van der Waals surface area (Å²) in [7, 11) is 0. The molecule has 10 aromatic carbocycles. The summed E-state index contributed by atoms with van der Waals surface area (Å²) >= 11 is 0. The molecule has 0 atom stereocenters. The standard InChI is InChI=1S/C58H32N4O3/c1-60-36-26-30-38(31-27-36)62(50-21-11-19-46-42-15-7-9-23-54(42)64-58(46)50)52-33-48-47-32-51(39-12-2-4-16-43(39)55(47)65-56(48)44-17-5-3-13-40(44)52)61(37-28-24-35(34-59)25-29-37)49-20-10-18-45-41-14-6-8-22-53(41)63-57(45)49/h2-33H. The Bertz CT molecular complexity index is 3900. The third-order valence-electron chi connectivity index (χ3n) is 12.7. The van der Waals surface area contributed by atoms with Crippen molar-refractivity contribution in [3.8, 4) is 6.07 Å². The first-order chi connectivity index (χ1) is 32.1. The van der Waals surface area contributed by atoms with E-state index in [0.717, 1.165) is 121 Å². The first-order valence-corrected chi connectivity index (χ1v) is 21.3. The van der Waals surface area contributed by atoms with Gasteiger partial charge in [0.25, 0.3) is 0 Å². The van der Waals surface area contributed by atoms with Crippen molar-refractivity contribution in [3.05, 3.63) is 211 Å². The van der Waals surface area contributed by atoms with Gasteiger partial charge in [0, 0.05) is 65.2 Å². The first kappa shape index (κ1) is 36.4. The van der Waals surface area contributed by atoms with Crippen molar-refractivity contribution in [2.24, 2.45) is 0 Å². The van der Waals surface area contributed by atoms with Crippen LogP contribution < -0.4 is 9.80 Å². The van der Waals surface area contributed by atoms with Gasteiger partial charge in [-0.15, -0.1) is 0 Å². The Morgan fingerprint density at radius 3 is 1.23 bits per heavy atom. The van der Waals surface area contributed by atoms with Crippen LogP contribution in [0.25, 0.3) is 92.2 Å². The van der Waals surface area contributed by atoms with Crippen LogP contribution in [0.3, 0.4) is 0 Å². The number of para-hydroxylation sites is 4. The van der Waals surface area contributed by atoms with Crippen LogP contribution in [-0.2, 0) is 0 Å². The van der Waals surface area contributed by atoms with Gasteiger partial charge in [0.2, 0.25) is 0 Å². The summed E-state index contributed by atoms with van der Waals surface area (Å²) in [5, 5.41) is 19.7. The lowest BCUT2D eigenvalue weighted by molar-refractivity contribution is 0.669. The minimum Gasteiger partial charge on any atom is -0.455 e. The third-order valence-corrected chi connectivity index (χ3v) is 12.7. The summed E-state index contributed by atoms with van der Waals surface area (Å²) in [6, 6.07) is 67.7. The van der Waals surface area contributed by atoms with Crippen molar-refractivity contribution in [2.75, 3.05) is 9.80 Å². The van der Waals surface area contributed by atoms with Gasteiger partial charge < -0.3 is 23.1 Å². The van der Waals surface area contributed by atoms with E-state index in [-0.39, 0.29) is 0 Å². The second kappa shape index (κ2) is 14.1. The summed E-state index contributed by atoms with van der Waals surface area (Å²) in [6.07, 6.45) is 0. The molecule has 3 heterocycles. The van der Waals surface area contributed by atoms with Crippen LogP contribution in [0.4, 0.5) is 39.8 Å². The molecule has 0 aliphatic heterocycles. The summed E-state index contributed by atoms with van der Waals surface area (Å²) in [6.45, 7) is 7.74. The molecular weight excluding hydrogens is 801 g/mol. The summed E-state index contributed by atoms with van der Waals surface area (Å²) < 4.78 is 20.5. The van der Waals surface area contributed by atoms with Crippen LogP contribution in [0.1, 0.15) is 5.56 Å². The van der Waals surface area contributed by atoms with Gasteiger partial charge in [-0.25, -0.2) is 4.85 Å². The number of hydrogen-bond donors (Lipinski definition) is 0. The molecule has 65 heavy (non-hydrogen) atoms. The molecule has 0 unspecified atom stereocenters. The molecule has 302 valence electrons. The summed E-state index contributed by atoms with van der Waals surface area (Å²) in [5.41, 5.74) is 11.1. The van der Waals surface area contributed by atoms with Crippen molar-refractivity contribution in [1.82, 2.24) is 0 Å². The second-order valence-electron chi connectivity index (χ2n) is 16.2. The smallest absolute Gasteiger partial charge is 0.187 e. The zero-order valence-corrected chi connectivity index (χ0v) is 34.5. The Kier molecular flexibility index (Phi) is 7.90. The largest absolute Gasteiger partial charge is 0.455 e. The first-order valence-electron chi connectivity index (χ1n) is 21.3. The van der Waals surface area contributed by atoms with Crippen LogP contribution in [0.2, 0.25) is 0 Å². The highest BCUT2D eigenvalue weighted by Gasteiger charge is 2.27. The quantitative estimate of drug-likeness (QED) is 0.155. The van der Waals surface area contributed by atoms with Crippen molar-refractivity contribution in [1.29, 1.82) is 5.26 Å². The van der Waals surface area contributed by atoms with E-state index in [1.165, 1.54) is 0 Å². The number of nitriles is 1. The lowest BCUT2D eigenvalue weighted by Crippen LogP contribution is -2.11. The van der Waals surface area contributed by atoms with Gasteiger partial charge >= 0.3 is 0 Å². The lowest BCUT2D eigenvalue weighted by atomic mass is 9.99. The molecule has 0 spiro atoms. The van der Waals surface area contributed by atoms with Crippen molar-refractivity contribution < 1.29 is 13.3 Å². The van der Waals surface area contributed by atoms with E-state index in [9.17, 15) is 5.26 Å². The van der Waals surface area contributed by atoms with Gasteiger partial charge in [-0.3, -0.25) is 0 Å².